The zero-order chi connectivity index (χ0) is 14.4. The molecule has 0 bridgehead atoms. The summed E-state index contributed by atoms with van der Waals surface area (Å²) >= 11 is 0. The molecule has 106 valence electrons. The number of nitriles is 1. The molecule has 1 aliphatic rings. The molecule has 1 aromatic carbocycles. The van der Waals surface area contributed by atoms with E-state index < -0.39 is 5.60 Å². The summed E-state index contributed by atoms with van der Waals surface area (Å²) in [6.07, 6.45) is 4.55. The fourth-order valence-electron chi connectivity index (χ4n) is 2.54. The van der Waals surface area contributed by atoms with Gasteiger partial charge in [-0.3, -0.25) is 15.6 Å². The summed E-state index contributed by atoms with van der Waals surface area (Å²) in [5.74, 6) is -0.239. The van der Waals surface area contributed by atoms with Gasteiger partial charge >= 0.3 is 0 Å². The third kappa shape index (κ3) is 3.97. The van der Waals surface area contributed by atoms with E-state index in [2.05, 4.69) is 10.9 Å². The van der Waals surface area contributed by atoms with Crippen LogP contribution in [0.15, 0.2) is 24.3 Å². The molecule has 1 amide bonds. The highest BCUT2D eigenvalue weighted by atomic mass is 16.3. The van der Waals surface area contributed by atoms with Crippen molar-refractivity contribution < 1.29 is 9.90 Å². The number of carbonyl (C=O) groups is 1. The first-order valence-electron chi connectivity index (χ1n) is 6.89. The maximum atomic E-state index is 11.8. The number of carbonyl (C=O) groups excluding carboxylic acids is 1. The first kappa shape index (κ1) is 14.4. The Bertz CT molecular complexity index is 516. The fourth-order valence-corrected chi connectivity index (χ4v) is 2.54. The molecule has 0 heterocycles. The molecule has 5 nitrogen and oxygen atoms in total. The van der Waals surface area contributed by atoms with Crippen LogP contribution in [0.4, 0.5) is 5.69 Å². The largest absolute Gasteiger partial charge is 0.389 e. The van der Waals surface area contributed by atoms with Crippen molar-refractivity contribution in [2.24, 2.45) is 0 Å². The molecule has 1 fully saturated rings. The third-order valence-electron chi connectivity index (χ3n) is 3.61. The quantitative estimate of drug-likeness (QED) is 0.733. The van der Waals surface area contributed by atoms with Crippen molar-refractivity contribution in [1.29, 1.82) is 5.26 Å². The van der Waals surface area contributed by atoms with Crippen LogP contribution in [0.3, 0.4) is 0 Å². The molecule has 0 unspecified atom stereocenters. The van der Waals surface area contributed by atoms with E-state index in [0.29, 0.717) is 24.1 Å². The Morgan fingerprint density at radius 1 is 1.35 bits per heavy atom. The van der Waals surface area contributed by atoms with Gasteiger partial charge < -0.3 is 5.11 Å². The molecule has 0 aliphatic heterocycles. The van der Waals surface area contributed by atoms with Crippen molar-refractivity contribution >= 4 is 11.6 Å². The summed E-state index contributed by atoms with van der Waals surface area (Å²) in [4.78, 5) is 11.8. The van der Waals surface area contributed by atoms with E-state index in [4.69, 9.17) is 5.26 Å². The summed E-state index contributed by atoms with van der Waals surface area (Å²) in [6, 6.07) is 8.87. The summed E-state index contributed by atoms with van der Waals surface area (Å²) in [7, 11) is 0. The number of hydrogen-bond acceptors (Lipinski definition) is 4. The van der Waals surface area contributed by atoms with Gasteiger partial charge in [-0.25, -0.2) is 0 Å². The average Bonchev–Trinajstić information content (AvgIpc) is 2.45. The van der Waals surface area contributed by atoms with E-state index in [1.54, 1.807) is 24.3 Å². The Labute approximate surface area is 118 Å². The number of nitrogens with zero attached hydrogens (tertiary/aromatic N) is 1. The first-order chi connectivity index (χ1) is 9.61. The fraction of sp³-hybridized carbons (Fsp3) is 0.467. The summed E-state index contributed by atoms with van der Waals surface area (Å²) in [5.41, 5.74) is 5.64. The van der Waals surface area contributed by atoms with Gasteiger partial charge in [-0.2, -0.15) is 5.26 Å². The summed E-state index contributed by atoms with van der Waals surface area (Å²) in [5, 5.41) is 19.1. The molecule has 0 aromatic heterocycles. The highest BCUT2D eigenvalue weighted by molar-refractivity contribution is 5.78. The second kappa shape index (κ2) is 6.40. The van der Waals surface area contributed by atoms with Crippen molar-refractivity contribution in [3.8, 4) is 6.07 Å². The minimum absolute atomic E-state index is 0.109. The molecule has 0 saturated heterocycles. The number of hydrazine groups is 1. The van der Waals surface area contributed by atoms with Gasteiger partial charge in [0, 0.05) is 0 Å². The first-order valence-corrected chi connectivity index (χ1v) is 6.89. The predicted octanol–water partition coefficient (Wildman–Crippen LogP) is 2.09. The van der Waals surface area contributed by atoms with E-state index in [0.717, 1.165) is 19.3 Å². The van der Waals surface area contributed by atoms with Crippen LogP contribution >= 0.6 is 0 Å². The van der Waals surface area contributed by atoms with Gasteiger partial charge in [0.2, 0.25) is 5.91 Å². The maximum Gasteiger partial charge on any atom is 0.241 e. The van der Waals surface area contributed by atoms with Crippen molar-refractivity contribution in [3.63, 3.8) is 0 Å². The zero-order valence-corrected chi connectivity index (χ0v) is 11.4. The van der Waals surface area contributed by atoms with Gasteiger partial charge in [0.25, 0.3) is 0 Å². The normalized spacial score (nSPS) is 17.0. The minimum atomic E-state index is -0.863. The van der Waals surface area contributed by atoms with Crippen molar-refractivity contribution in [3.05, 3.63) is 29.8 Å². The van der Waals surface area contributed by atoms with Crippen LogP contribution in [0.25, 0.3) is 0 Å². The second-order valence-corrected chi connectivity index (χ2v) is 5.33. The van der Waals surface area contributed by atoms with Crippen LogP contribution < -0.4 is 10.9 Å². The Hall–Kier alpha value is -2.06. The molecule has 0 radical (unpaired) electrons. The van der Waals surface area contributed by atoms with E-state index >= 15 is 0 Å². The van der Waals surface area contributed by atoms with Gasteiger partial charge in [0.1, 0.15) is 0 Å². The number of hydrogen-bond donors (Lipinski definition) is 3. The van der Waals surface area contributed by atoms with E-state index in [-0.39, 0.29) is 12.3 Å². The van der Waals surface area contributed by atoms with E-state index in [9.17, 15) is 9.90 Å². The lowest BCUT2D eigenvalue weighted by Crippen LogP contribution is -2.40. The monoisotopic (exact) mass is 273 g/mol. The average molecular weight is 273 g/mol. The molecule has 0 atom stereocenters. The summed E-state index contributed by atoms with van der Waals surface area (Å²) in [6.45, 7) is 0. The lowest BCUT2D eigenvalue weighted by Gasteiger charge is -2.31. The highest BCUT2D eigenvalue weighted by Gasteiger charge is 2.31. The molecule has 2 rings (SSSR count). The van der Waals surface area contributed by atoms with Crippen molar-refractivity contribution in [1.82, 2.24) is 5.43 Å². The summed E-state index contributed by atoms with van der Waals surface area (Å²) < 4.78 is 0. The van der Waals surface area contributed by atoms with Gasteiger partial charge in [0.15, 0.2) is 0 Å². The maximum absolute atomic E-state index is 11.8. The lowest BCUT2D eigenvalue weighted by molar-refractivity contribution is -0.126. The molecule has 3 N–H and O–H groups in total. The molecule has 1 aliphatic carbocycles. The molecule has 1 saturated carbocycles. The Balaban J connectivity index is 1.84. The SMILES string of the molecule is N#Cc1cccc(NNC(=O)CC2(O)CCCCC2)c1. The molecule has 0 spiro atoms. The van der Waals surface area contributed by atoms with Crippen LogP contribution in [-0.2, 0) is 4.79 Å². The van der Waals surface area contributed by atoms with Gasteiger partial charge in [0.05, 0.1) is 29.3 Å². The Kier molecular flexibility index (Phi) is 4.59. The Morgan fingerprint density at radius 2 is 2.10 bits per heavy atom. The van der Waals surface area contributed by atoms with Crippen molar-refractivity contribution in [2.45, 2.75) is 44.1 Å². The number of benzene rings is 1. The predicted molar refractivity (Wildman–Crippen MR) is 75.6 cm³/mol. The van der Waals surface area contributed by atoms with Gasteiger partial charge in [-0.15, -0.1) is 0 Å². The van der Waals surface area contributed by atoms with E-state index in [1.807, 2.05) is 6.07 Å². The van der Waals surface area contributed by atoms with Gasteiger partial charge in [-0.05, 0) is 31.0 Å². The van der Waals surface area contributed by atoms with Crippen LogP contribution in [0.2, 0.25) is 0 Å². The Morgan fingerprint density at radius 3 is 2.80 bits per heavy atom. The third-order valence-corrected chi connectivity index (χ3v) is 3.61. The van der Waals surface area contributed by atoms with Crippen LogP contribution in [0, 0.1) is 11.3 Å². The number of rotatable bonds is 4. The number of amides is 1. The molecule has 20 heavy (non-hydrogen) atoms. The molecular weight excluding hydrogens is 254 g/mol. The van der Waals surface area contributed by atoms with E-state index in [1.165, 1.54) is 0 Å². The van der Waals surface area contributed by atoms with Crippen LogP contribution in [-0.4, -0.2) is 16.6 Å². The molecular formula is C15H19N3O2. The molecule has 5 heteroatoms. The topological polar surface area (TPSA) is 85.2 Å². The smallest absolute Gasteiger partial charge is 0.241 e. The van der Waals surface area contributed by atoms with Crippen molar-refractivity contribution in [2.75, 3.05) is 5.43 Å². The van der Waals surface area contributed by atoms with Crippen LogP contribution in [0.5, 0.6) is 0 Å². The highest BCUT2D eigenvalue weighted by Crippen LogP contribution is 2.30. The van der Waals surface area contributed by atoms with Gasteiger partial charge in [-0.1, -0.05) is 25.3 Å². The van der Waals surface area contributed by atoms with Crippen LogP contribution in [0.1, 0.15) is 44.1 Å². The lowest BCUT2D eigenvalue weighted by atomic mass is 9.82. The second-order valence-electron chi connectivity index (χ2n) is 5.33. The number of aliphatic hydroxyl groups is 1. The number of anilines is 1. The minimum Gasteiger partial charge on any atom is -0.389 e. The zero-order valence-electron chi connectivity index (χ0n) is 11.4. The standard InChI is InChI=1S/C15H19N3O2/c16-11-12-5-4-6-13(9-12)17-18-14(19)10-15(20)7-2-1-3-8-15/h4-6,9,17,20H,1-3,7-8,10H2,(H,18,19). The number of nitrogens with one attached hydrogen (secondary N) is 2. The molecule has 1 aromatic rings.